The standard InChI is InChI=1S/C33H28N2O5S2/c1-39-23-14-18(12-13-22(23)40-16-17-8-4-2-5-9-17)24-25-20-15-21(28(25)41-30-29(24)42-33(38)34-30)27-26(20)31(36)35(32(27)37)19-10-6-3-7-11-19/h2-14,20-21,24-28H,15-16H2,1H3,(H,34,38)/t20-,21-,24+,25+,26+,27+,28-/m1/s1. The molecule has 1 saturated heterocycles. The molecule has 0 radical (unpaired) electrons. The predicted molar refractivity (Wildman–Crippen MR) is 161 cm³/mol. The third-order valence-corrected chi connectivity index (χ3v) is 12.1. The van der Waals surface area contributed by atoms with Crippen LogP contribution in [0.4, 0.5) is 5.69 Å². The fourth-order valence-electron chi connectivity index (χ4n) is 7.95. The maximum absolute atomic E-state index is 13.9. The number of anilines is 1. The lowest BCUT2D eigenvalue weighted by molar-refractivity contribution is -0.123. The number of aromatic nitrogens is 1. The number of carbonyl (C=O) groups excluding carboxylic acids is 2. The molecule has 8 rings (SSSR count). The zero-order valence-corrected chi connectivity index (χ0v) is 24.4. The number of hydrogen-bond donors (Lipinski definition) is 1. The van der Waals surface area contributed by atoms with Crippen molar-refractivity contribution in [2.45, 2.75) is 29.2 Å². The number of nitrogens with zero attached hydrogens (tertiary/aromatic N) is 1. The van der Waals surface area contributed by atoms with E-state index in [0.29, 0.717) is 23.8 Å². The Labute approximate surface area is 250 Å². The number of ether oxygens (including phenoxy) is 2. The third-order valence-electron chi connectivity index (χ3n) is 9.52. The second-order valence-electron chi connectivity index (χ2n) is 11.5. The quantitative estimate of drug-likeness (QED) is 0.287. The topological polar surface area (TPSA) is 88.7 Å². The van der Waals surface area contributed by atoms with Gasteiger partial charge in [0.25, 0.3) is 0 Å². The van der Waals surface area contributed by atoms with Crippen molar-refractivity contribution in [1.82, 2.24) is 4.98 Å². The number of fused-ring (bicyclic) bond motifs is 9. The predicted octanol–water partition coefficient (Wildman–Crippen LogP) is 5.70. The molecule has 3 heterocycles. The van der Waals surface area contributed by atoms with Crippen LogP contribution < -0.4 is 19.2 Å². The number of H-pyrrole nitrogens is 1. The zero-order valence-electron chi connectivity index (χ0n) is 22.8. The second-order valence-corrected chi connectivity index (χ2v) is 13.7. The number of nitrogens with one attached hydrogen (secondary N) is 1. The lowest BCUT2D eigenvalue weighted by Gasteiger charge is -2.43. The van der Waals surface area contributed by atoms with Gasteiger partial charge < -0.3 is 14.5 Å². The Morgan fingerprint density at radius 1 is 0.881 bits per heavy atom. The summed E-state index contributed by atoms with van der Waals surface area (Å²) in [6, 6.07) is 25.3. The van der Waals surface area contributed by atoms with E-state index in [2.05, 4.69) is 11.1 Å². The van der Waals surface area contributed by atoms with Crippen LogP contribution in [0.3, 0.4) is 0 Å². The largest absolute Gasteiger partial charge is 0.493 e. The highest BCUT2D eigenvalue weighted by molar-refractivity contribution is 8.00. The van der Waals surface area contributed by atoms with Gasteiger partial charge in [-0.15, -0.1) is 11.8 Å². The number of carbonyl (C=O) groups is 2. The molecule has 2 saturated carbocycles. The van der Waals surface area contributed by atoms with Gasteiger partial charge in [-0.25, -0.2) is 0 Å². The molecule has 0 spiro atoms. The van der Waals surface area contributed by atoms with Crippen molar-refractivity contribution in [3.05, 3.63) is 105 Å². The highest BCUT2D eigenvalue weighted by Crippen LogP contribution is 2.68. The molecule has 212 valence electrons. The van der Waals surface area contributed by atoms with Crippen molar-refractivity contribution >= 4 is 40.6 Å². The Morgan fingerprint density at radius 2 is 1.60 bits per heavy atom. The third kappa shape index (κ3) is 3.83. The number of amides is 2. The van der Waals surface area contributed by atoms with Gasteiger partial charge in [0.1, 0.15) is 6.61 Å². The summed E-state index contributed by atoms with van der Waals surface area (Å²) in [6.45, 7) is 0.422. The van der Waals surface area contributed by atoms with E-state index < -0.39 is 0 Å². The number of thioether (sulfide) groups is 1. The molecule has 2 aliphatic heterocycles. The first-order valence-electron chi connectivity index (χ1n) is 14.2. The van der Waals surface area contributed by atoms with Crippen LogP contribution >= 0.6 is 23.1 Å². The fraction of sp³-hybridized carbons (Fsp3) is 0.303. The van der Waals surface area contributed by atoms with E-state index in [1.807, 2.05) is 72.8 Å². The smallest absolute Gasteiger partial charge is 0.305 e. The highest BCUT2D eigenvalue weighted by Gasteiger charge is 2.69. The number of thiazole rings is 1. The van der Waals surface area contributed by atoms with Crippen molar-refractivity contribution in [3.8, 4) is 11.5 Å². The molecule has 3 aromatic carbocycles. The van der Waals surface area contributed by atoms with Crippen LogP contribution in [0.25, 0.3) is 0 Å². The lowest BCUT2D eigenvalue weighted by Crippen LogP contribution is -2.42. The molecule has 2 amide bonds. The summed E-state index contributed by atoms with van der Waals surface area (Å²) >= 11 is 2.95. The van der Waals surface area contributed by atoms with E-state index in [1.54, 1.807) is 18.9 Å². The summed E-state index contributed by atoms with van der Waals surface area (Å²) in [5, 5.41) is 1.02. The molecule has 1 aromatic heterocycles. The molecule has 2 aliphatic carbocycles. The van der Waals surface area contributed by atoms with Crippen LogP contribution in [-0.4, -0.2) is 29.2 Å². The van der Waals surface area contributed by atoms with Gasteiger partial charge in [0, 0.05) is 16.0 Å². The number of hydrogen-bond acceptors (Lipinski definition) is 7. The van der Waals surface area contributed by atoms with Gasteiger partial charge >= 0.3 is 4.87 Å². The van der Waals surface area contributed by atoms with Crippen LogP contribution in [0, 0.1) is 29.6 Å². The van der Waals surface area contributed by atoms with Gasteiger partial charge in [-0.2, -0.15) is 0 Å². The average Bonchev–Trinajstić information content (AvgIpc) is 3.75. The minimum absolute atomic E-state index is 0.0537. The Morgan fingerprint density at radius 3 is 2.33 bits per heavy atom. The number of imide groups is 1. The van der Waals surface area contributed by atoms with Crippen molar-refractivity contribution < 1.29 is 19.1 Å². The minimum atomic E-state index is -0.334. The monoisotopic (exact) mass is 596 g/mol. The normalized spacial score (nSPS) is 28.9. The first-order chi connectivity index (χ1) is 20.5. The van der Waals surface area contributed by atoms with Gasteiger partial charge in [-0.1, -0.05) is 65.9 Å². The van der Waals surface area contributed by atoms with Crippen LogP contribution in [-0.2, 0) is 16.2 Å². The van der Waals surface area contributed by atoms with Crippen molar-refractivity contribution in [1.29, 1.82) is 0 Å². The molecule has 0 unspecified atom stereocenters. The molecule has 2 bridgehead atoms. The summed E-state index contributed by atoms with van der Waals surface area (Å²) in [5.74, 6) is 0.639. The number of methoxy groups -OCH3 is 1. The van der Waals surface area contributed by atoms with Crippen LogP contribution in [0.15, 0.2) is 88.7 Å². The van der Waals surface area contributed by atoms with Crippen LogP contribution in [0.2, 0.25) is 0 Å². The summed E-state index contributed by atoms with van der Waals surface area (Å²) in [7, 11) is 1.64. The molecular weight excluding hydrogens is 569 g/mol. The van der Waals surface area contributed by atoms with E-state index in [1.165, 1.54) is 16.2 Å². The Hall–Kier alpha value is -3.82. The summed E-state index contributed by atoms with van der Waals surface area (Å²) in [5.41, 5.74) is 2.74. The number of rotatable bonds is 6. The van der Waals surface area contributed by atoms with E-state index in [-0.39, 0.29) is 57.4 Å². The summed E-state index contributed by atoms with van der Waals surface area (Å²) < 4.78 is 11.9. The number of benzene rings is 3. The Bertz CT molecular complexity index is 1750. The van der Waals surface area contributed by atoms with Crippen molar-refractivity contribution in [3.63, 3.8) is 0 Å². The number of aromatic amines is 1. The molecule has 42 heavy (non-hydrogen) atoms. The molecule has 7 nitrogen and oxygen atoms in total. The highest BCUT2D eigenvalue weighted by atomic mass is 32.2. The van der Waals surface area contributed by atoms with Gasteiger partial charge in [0.05, 0.1) is 29.7 Å². The van der Waals surface area contributed by atoms with E-state index in [0.717, 1.165) is 27.5 Å². The summed E-state index contributed by atoms with van der Waals surface area (Å²) in [6.07, 6.45) is 0.850. The SMILES string of the molecule is COc1cc([C@@H]2c3sc(=O)[nH]c3S[C@@H]3[C@@H]4C[C@@H]([C@@H]5C(=O)N(c6ccccc6)C(=O)[C@@H]45)[C@@H]23)ccc1OCc1ccccc1. The average molecular weight is 597 g/mol. The zero-order chi connectivity index (χ0) is 28.5. The molecular formula is C33H28N2O5S2. The lowest BCUT2D eigenvalue weighted by atomic mass is 9.68. The van der Waals surface area contributed by atoms with Crippen LogP contribution in [0.5, 0.6) is 11.5 Å². The maximum Gasteiger partial charge on any atom is 0.305 e. The van der Waals surface area contributed by atoms with Gasteiger partial charge in [0.2, 0.25) is 11.8 Å². The molecule has 1 N–H and O–H groups in total. The Kier molecular flexibility index (Phi) is 6.08. The first kappa shape index (κ1) is 25.9. The number of para-hydroxylation sites is 1. The maximum atomic E-state index is 13.9. The molecule has 4 aliphatic rings. The minimum Gasteiger partial charge on any atom is -0.493 e. The van der Waals surface area contributed by atoms with Gasteiger partial charge in [-0.3, -0.25) is 19.3 Å². The van der Waals surface area contributed by atoms with Gasteiger partial charge in [-0.05, 0) is 59.6 Å². The fourth-order valence-corrected chi connectivity index (χ4v) is 10.8. The van der Waals surface area contributed by atoms with E-state index in [4.69, 9.17) is 9.47 Å². The second kappa shape index (κ2) is 9.88. The molecule has 9 heteroatoms. The van der Waals surface area contributed by atoms with Gasteiger partial charge in [0.15, 0.2) is 11.5 Å². The summed E-state index contributed by atoms with van der Waals surface area (Å²) in [4.78, 5) is 45.7. The molecule has 4 aromatic rings. The van der Waals surface area contributed by atoms with E-state index >= 15 is 0 Å². The molecule has 3 fully saturated rings. The van der Waals surface area contributed by atoms with Crippen LogP contribution in [0.1, 0.15) is 28.3 Å². The Balaban J connectivity index is 1.16. The van der Waals surface area contributed by atoms with E-state index in [9.17, 15) is 14.4 Å². The van der Waals surface area contributed by atoms with Crippen molar-refractivity contribution in [2.75, 3.05) is 12.0 Å². The van der Waals surface area contributed by atoms with Crippen molar-refractivity contribution in [2.24, 2.45) is 29.6 Å². The first-order valence-corrected chi connectivity index (χ1v) is 15.9. The molecule has 7 atom stereocenters.